The summed E-state index contributed by atoms with van der Waals surface area (Å²) in [4.78, 5) is 23.5. The van der Waals surface area contributed by atoms with E-state index in [4.69, 9.17) is 4.74 Å². The second kappa shape index (κ2) is 4.43. The van der Waals surface area contributed by atoms with E-state index in [9.17, 15) is 9.59 Å². The van der Waals surface area contributed by atoms with Crippen molar-refractivity contribution >= 4 is 11.8 Å². The summed E-state index contributed by atoms with van der Waals surface area (Å²) in [6.45, 7) is 2.17. The average Bonchev–Trinajstić information content (AvgIpc) is 2.88. The Bertz CT molecular complexity index is 336. The van der Waals surface area contributed by atoms with E-state index in [1.807, 2.05) is 0 Å². The fourth-order valence-corrected chi connectivity index (χ4v) is 3.69. The van der Waals surface area contributed by atoms with Crippen molar-refractivity contribution in [1.82, 2.24) is 0 Å². The summed E-state index contributed by atoms with van der Waals surface area (Å²) in [5.74, 6) is 0.245. The van der Waals surface area contributed by atoms with Gasteiger partial charge in [-0.25, -0.2) is 0 Å². The summed E-state index contributed by atoms with van der Waals surface area (Å²) in [6, 6.07) is 0. The molecular weight excluding hydrogens is 216 g/mol. The Labute approximate surface area is 103 Å². The van der Waals surface area contributed by atoms with E-state index < -0.39 is 0 Å². The van der Waals surface area contributed by atoms with Crippen LogP contribution in [0.15, 0.2) is 0 Å². The number of carbonyl (C=O) groups is 2. The molecule has 2 rings (SSSR count). The summed E-state index contributed by atoms with van der Waals surface area (Å²) in [5.41, 5.74) is -0.165. The quantitative estimate of drug-likeness (QED) is 0.528. The predicted octanol–water partition coefficient (Wildman–Crippen LogP) is 2.87. The zero-order valence-electron chi connectivity index (χ0n) is 10.9. The summed E-state index contributed by atoms with van der Waals surface area (Å²) in [6.07, 6.45) is 7.40. The van der Waals surface area contributed by atoms with Crippen LogP contribution < -0.4 is 0 Å². The largest absolute Gasteiger partial charge is 0.469 e. The molecule has 2 atom stereocenters. The summed E-state index contributed by atoms with van der Waals surface area (Å²) < 4.78 is 4.76. The van der Waals surface area contributed by atoms with Crippen LogP contribution in [-0.4, -0.2) is 18.9 Å². The highest BCUT2D eigenvalue weighted by molar-refractivity contribution is 5.93. The third-order valence-corrected chi connectivity index (χ3v) is 4.81. The normalized spacial score (nSPS) is 34.6. The molecule has 0 heterocycles. The number of ketones is 1. The lowest BCUT2D eigenvalue weighted by Crippen LogP contribution is -2.18. The van der Waals surface area contributed by atoms with E-state index in [0.717, 1.165) is 25.7 Å². The maximum atomic E-state index is 12.1. The Morgan fingerprint density at radius 2 is 2.18 bits per heavy atom. The van der Waals surface area contributed by atoms with Gasteiger partial charge in [-0.3, -0.25) is 9.59 Å². The molecule has 2 aliphatic carbocycles. The Hall–Kier alpha value is -0.860. The van der Waals surface area contributed by atoms with E-state index in [0.29, 0.717) is 18.6 Å². The summed E-state index contributed by atoms with van der Waals surface area (Å²) >= 11 is 0. The first-order chi connectivity index (χ1) is 8.10. The lowest BCUT2D eigenvalue weighted by Gasteiger charge is -2.16. The van der Waals surface area contributed by atoms with Crippen LogP contribution in [0.25, 0.3) is 0 Å². The van der Waals surface area contributed by atoms with Crippen molar-refractivity contribution in [2.24, 2.45) is 10.8 Å². The van der Waals surface area contributed by atoms with E-state index in [1.165, 1.54) is 20.0 Å². The van der Waals surface area contributed by atoms with E-state index in [-0.39, 0.29) is 16.8 Å². The van der Waals surface area contributed by atoms with Crippen molar-refractivity contribution in [3.63, 3.8) is 0 Å². The van der Waals surface area contributed by atoms with Crippen LogP contribution in [0, 0.1) is 10.8 Å². The van der Waals surface area contributed by atoms with Gasteiger partial charge in [-0.1, -0.05) is 26.2 Å². The van der Waals surface area contributed by atoms with Gasteiger partial charge in [0.05, 0.1) is 13.5 Å². The molecule has 0 N–H and O–H groups in total. The second-order valence-electron chi connectivity index (χ2n) is 5.67. The number of ether oxygens (including phenoxy) is 1. The minimum absolute atomic E-state index is 0.0229. The number of rotatable bonds is 6. The van der Waals surface area contributed by atoms with Crippen molar-refractivity contribution in [2.45, 2.75) is 58.3 Å². The van der Waals surface area contributed by atoms with Gasteiger partial charge in [0.1, 0.15) is 5.78 Å². The second-order valence-corrected chi connectivity index (χ2v) is 5.67. The predicted molar refractivity (Wildman–Crippen MR) is 64.5 cm³/mol. The Balaban J connectivity index is 2.01. The molecule has 3 heteroatoms. The van der Waals surface area contributed by atoms with E-state index in [1.54, 1.807) is 0 Å². The Kier molecular flexibility index (Phi) is 3.28. The topological polar surface area (TPSA) is 43.4 Å². The molecule has 0 aromatic carbocycles. The Morgan fingerprint density at radius 3 is 2.82 bits per heavy atom. The van der Waals surface area contributed by atoms with Gasteiger partial charge in [-0.2, -0.15) is 0 Å². The summed E-state index contributed by atoms with van der Waals surface area (Å²) in [5, 5.41) is 0. The van der Waals surface area contributed by atoms with Crippen molar-refractivity contribution in [1.29, 1.82) is 0 Å². The van der Waals surface area contributed by atoms with Crippen LogP contribution >= 0.6 is 0 Å². The van der Waals surface area contributed by atoms with E-state index in [2.05, 4.69) is 6.92 Å². The molecule has 0 aliphatic heterocycles. The first-order valence-corrected chi connectivity index (χ1v) is 6.70. The smallest absolute Gasteiger partial charge is 0.306 e. The molecule has 0 aromatic rings. The van der Waals surface area contributed by atoms with Gasteiger partial charge in [0, 0.05) is 11.8 Å². The van der Waals surface area contributed by atoms with Gasteiger partial charge in [0.15, 0.2) is 0 Å². The lowest BCUT2D eigenvalue weighted by atomic mass is 9.88. The minimum atomic E-state index is -0.155. The van der Waals surface area contributed by atoms with Crippen LogP contribution in [0.1, 0.15) is 58.3 Å². The number of esters is 1. The molecule has 0 unspecified atom stereocenters. The average molecular weight is 238 g/mol. The Morgan fingerprint density at radius 1 is 1.41 bits per heavy atom. The molecule has 0 spiro atoms. The molecular formula is C14H22O3. The van der Waals surface area contributed by atoms with Gasteiger partial charge in [0.2, 0.25) is 0 Å². The summed E-state index contributed by atoms with van der Waals surface area (Å²) in [7, 11) is 1.43. The third kappa shape index (κ3) is 1.90. The highest BCUT2D eigenvalue weighted by Gasteiger charge is 2.73. The van der Waals surface area contributed by atoms with Crippen LogP contribution in [-0.2, 0) is 14.3 Å². The van der Waals surface area contributed by atoms with Gasteiger partial charge in [-0.15, -0.1) is 0 Å². The van der Waals surface area contributed by atoms with Gasteiger partial charge in [0.25, 0.3) is 0 Å². The highest BCUT2D eigenvalue weighted by Crippen LogP contribution is 2.75. The van der Waals surface area contributed by atoms with Crippen LogP contribution in [0.2, 0.25) is 0 Å². The molecule has 2 aliphatic rings. The maximum Gasteiger partial charge on any atom is 0.306 e. The van der Waals surface area contributed by atoms with Crippen LogP contribution in [0.3, 0.4) is 0 Å². The molecule has 3 nitrogen and oxygen atoms in total. The monoisotopic (exact) mass is 238 g/mol. The zero-order valence-corrected chi connectivity index (χ0v) is 10.9. The molecule has 0 aromatic heterocycles. The molecule has 0 radical (unpaired) electrons. The minimum Gasteiger partial charge on any atom is -0.469 e. The van der Waals surface area contributed by atoms with Gasteiger partial charge in [-0.05, 0) is 24.7 Å². The fraction of sp³-hybridized carbons (Fsp3) is 0.857. The molecule has 0 saturated heterocycles. The van der Waals surface area contributed by atoms with Crippen molar-refractivity contribution in [2.75, 3.05) is 7.11 Å². The lowest BCUT2D eigenvalue weighted by molar-refractivity contribution is -0.142. The number of carbonyl (C=O) groups excluding carboxylic acids is 2. The first kappa shape index (κ1) is 12.6. The molecule has 17 heavy (non-hydrogen) atoms. The van der Waals surface area contributed by atoms with Crippen LogP contribution in [0.4, 0.5) is 0 Å². The standard InChI is InChI=1S/C14H22O3/c1-3-4-5-7-14-10-13(14,8-6-11(14)15)9-12(16)17-2/h3-10H2,1-2H3/t13-,14+/m1/s1. The first-order valence-electron chi connectivity index (χ1n) is 6.70. The molecule has 2 saturated carbocycles. The van der Waals surface area contributed by atoms with Gasteiger partial charge >= 0.3 is 5.97 Å². The molecule has 2 fully saturated rings. The van der Waals surface area contributed by atoms with E-state index >= 15 is 0 Å². The number of unbranched alkanes of at least 4 members (excludes halogenated alkanes) is 2. The third-order valence-electron chi connectivity index (χ3n) is 4.81. The highest BCUT2D eigenvalue weighted by atomic mass is 16.5. The number of hydrogen-bond acceptors (Lipinski definition) is 3. The van der Waals surface area contributed by atoms with Crippen molar-refractivity contribution in [3.8, 4) is 0 Å². The molecule has 0 bridgehead atoms. The van der Waals surface area contributed by atoms with Crippen LogP contribution in [0.5, 0.6) is 0 Å². The number of Topliss-reactive ketones (excluding diaryl/α,β-unsaturated/α-hetero) is 1. The molecule has 0 amide bonds. The molecule has 96 valence electrons. The van der Waals surface area contributed by atoms with Gasteiger partial charge < -0.3 is 4.74 Å². The van der Waals surface area contributed by atoms with Crippen molar-refractivity contribution < 1.29 is 14.3 Å². The maximum absolute atomic E-state index is 12.1. The number of methoxy groups -OCH3 is 1. The van der Waals surface area contributed by atoms with Crippen molar-refractivity contribution in [3.05, 3.63) is 0 Å². The zero-order chi connectivity index (χ0) is 12.5. The number of hydrogen-bond donors (Lipinski definition) is 0. The fourth-order valence-electron chi connectivity index (χ4n) is 3.69. The number of fused-ring (bicyclic) bond motifs is 1. The SMILES string of the molecule is CCCCC[C@@]12C[C@]1(CC(=O)OC)CCC2=O.